The Morgan fingerprint density at radius 1 is 1.32 bits per heavy atom. The van der Waals surface area contributed by atoms with Crippen LogP contribution in [0.3, 0.4) is 0 Å². The van der Waals surface area contributed by atoms with Gasteiger partial charge in [0.1, 0.15) is 6.04 Å². The van der Waals surface area contributed by atoms with E-state index in [1.54, 1.807) is 6.07 Å². The summed E-state index contributed by atoms with van der Waals surface area (Å²) in [7, 11) is 0. The fraction of sp³-hybridized carbons (Fsp3) is 0.188. The zero-order valence-electron chi connectivity index (χ0n) is 12.2. The average Bonchev–Trinajstić information content (AvgIpc) is 3.19. The van der Waals surface area contributed by atoms with Crippen LogP contribution >= 0.6 is 11.3 Å². The largest absolute Gasteiger partial charge is 0.340 e. The molecule has 0 bridgehead atoms. The molecule has 0 unspecified atom stereocenters. The number of carbonyl (C=O) groups excluding carboxylic acids is 1. The van der Waals surface area contributed by atoms with E-state index < -0.39 is 0 Å². The Kier molecular flexibility index (Phi) is 4.02. The minimum atomic E-state index is -0.347. The van der Waals surface area contributed by atoms with E-state index >= 15 is 0 Å². The van der Waals surface area contributed by atoms with Crippen molar-refractivity contribution in [2.45, 2.75) is 19.9 Å². The number of nitrogens with zero attached hydrogens (tertiary/aromatic N) is 2. The monoisotopic (exact) mass is 313 g/mol. The van der Waals surface area contributed by atoms with E-state index in [1.807, 2.05) is 49.6 Å². The van der Waals surface area contributed by atoms with E-state index in [0.29, 0.717) is 16.6 Å². The van der Waals surface area contributed by atoms with Crippen molar-refractivity contribution in [3.63, 3.8) is 0 Å². The third kappa shape index (κ3) is 3.07. The van der Waals surface area contributed by atoms with Crippen LogP contribution in [-0.4, -0.2) is 16.0 Å². The average molecular weight is 313 g/mol. The lowest BCUT2D eigenvalue weighted by atomic mass is 10.1. The molecule has 0 aliphatic rings. The van der Waals surface area contributed by atoms with E-state index in [1.165, 1.54) is 11.3 Å². The van der Waals surface area contributed by atoms with Gasteiger partial charge in [0.2, 0.25) is 11.7 Å². The number of hydrogen-bond donors (Lipinski definition) is 1. The fourth-order valence-corrected chi connectivity index (χ4v) is 2.68. The first kappa shape index (κ1) is 14.5. The number of hydrogen-bond acceptors (Lipinski definition) is 5. The van der Waals surface area contributed by atoms with Crippen LogP contribution in [0.15, 0.2) is 46.3 Å². The molecule has 2 heterocycles. The molecule has 22 heavy (non-hydrogen) atoms. The standard InChI is InChI=1S/C16H15N3O2S/c1-10-5-3-6-12(9-10)14-18-16(21-19-14)11(2)17-15(20)13-7-4-8-22-13/h3-9,11H,1-2H3,(H,17,20)/t11-/m1/s1. The van der Waals surface area contributed by atoms with Gasteiger partial charge in [0.05, 0.1) is 4.88 Å². The van der Waals surface area contributed by atoms with Gasteiger partial charge in [-0.2, -0.15) is 4.98 Å². The lowest BCUT2D eigenvalue weighted by molar-refractivity contribution is 0.0936. The van der Waals surface area contributed by atoms with Crippen molar-refractivity contribution in [2.75, 3.05) is 0 Å². The van der Waals surface area contributed by atoms with Crippen LogP contribution in [0.5, 0.6) is 0 Å². The van der Waals surface area contributed by atoms with Crippen LogP contribution < -0.4 is 5.32 Å². The topological polar surface area (TPSA) is 68.0 Å². The molecule has 0 aliphatic heterocycles. The maximum absolute atomic E-state index is 12.0. The van der Waals surface area contributed by atoms with Crippen LogP contribution in [0.1, 0.15) is 34.1 Å². The molecule has 1 N–H and O–H groups in total. The maximum Gasteiger partial charge on any atom is 0.261 e. The molecule has 0 fully saturated rings. The summed E-state index contributed by atoms with van der Waals surface area (Å²) in [5.74, 6) is 0.773. The Morgan fingerprint density at radius 3 is 2.91 bits per heavy atom. The number of benzene rings is 1. The molecule has 5 nitrogen and oxygen atoms in total. The second-order valence-corrected chi connectivity index (χ2v) is 5.95. The molecular formula is C16H15N3O2S. The van der Waals surface area contributed by atoms with Gasteiger partial charge in [0.15, 0.2) is 0 Å². The van der Waals surface area contributed by atoms with Gasteiger partial charge in [-0.05, 0) is 31.4 Å². The van der Waals surface area contributed by atoms with E-state index in [2.05, 4.69) is 15.5 Å². The second-order valence-electron chi connectivity index (χ2n) is 5.00. The highest BCUT2D eigenvalue weighted by Crippen LogP contribution is 2.20. The predicted octanol–water partition coefficient (Wildman–Crippen LogP) is 3.60. The number of aryl methyl sites for hydroxylation is 1. The van der Waals surface area contributed by atoms with E-state index in [9.17, 15) is 4.79 Å². The van der Waals surface area contributed by atoms with Gasteiger partial charge in [0.25, 0.3) is 5.91 Å². The van der Waals surface area contributed by atoms with Gasteiger partial charge in [-0.1, -0.05) is 35.0 Å². The van der Waals surface area contributed by atoms with Gasteiger partial charge in [-0.15, -0.1) is 11.3 Å². The Hall–Kier alpha value is -2.47. The highest BCUT2D eigenvalue weighted by atomic mass is 32.1. The second kappa shape index (κ2) is 6.11. The molecule has 0 spiro atoms. The number of nitrogens with one attached hydrogen (secondary N) is 1. The number of rotatable bonds is 4. The molecule has 1 amide bonds. The Morgan fingerprint density at radius 2 is 2.18 bits per heavy atom. The Labute approximate surface area is 132 Å². The number of thiophene rings is 1. The first-order valence-corrected chi connectivity index (χ1v) is 7.76. The molecular weight excluding hydrogens is 298 g/mol. The summed E-state index contributed by atoms with van der Waals surface area (Å²) in [6.07, 6.45) is 0. The molecule has 1 aromatic carbocycles. The summed E-state index contributed by atoms with van der Waals surface area (Å²) in [6, 6.07) is 11.1. The number of carbonyl (C=O) groups is 1. The summed E-state index contributed by atoms with van der Waals surface area (Å²) >= 11 is 1.39. The smallest absolute Gasteiger partial charge is 0.261 e. The Bertz CT molecular complexity index is 780. The summed E-state index contributed by atoms with van der Waals surface area (Å²) < 4.78 is 5.27. The summed E-state index contributed by atoms with van der Waals surface area (Å²) in [6.45, 7) is 3.83. The summed E-state index contributed by atoms with van der Waals surface area (Å²) in [5, 5.41) is 8.70. The SMILES string of the molecule is Cc1cccc(-c2noc([C@@H](C)NC(=O)c3cccs3)n2)c1. The Balaban J connectivity index is 1.74. The van der Waals surface area contributed by atoms with Gasteiger partial charge in [0, 0.05) is 5.56 Å². The predicted molar refractivity (Wildman–Crippen MR) is 84.7 cm³/mol. The fourth-order valence-electron chi connectivity index (χ4n) is 2.05. The summed E-state index contributed by atoms with van der Waals surface area (Å²) in [4.78, 5) is 17.0. The lowest BCUT2D eigenvalue weighted by Gasteiger charge is -2.07. The maximum atomic E-state index is 12.0. The van der Waals surface area contributed by atoms with Crippen LogP contribution in [0.4, 0.5) is 0 Å². The van der Waals surface area contributed by atoms with Gasteiger partial charge in [-0.25, -0.2) is 0 Å². The molecule has 0 radical (unpaired) electrons. The van der Waals surface area contributed by atoms with Crippen molar-refractivity contribution in [3.8, 4) is 11.4 Å². The van der Waals surface area contributed by atoms with Gasteiger partial charge < -0.3 is 9.84 Å². The zero-order chi connectivity index (χ0) is 15.5. The van der Waals surface area contributed by atoms with Crippen LogP contribution in [0.2, 0.25) is 0 Å². The number of amides is 1. The van der Waals surface area contributed by atoms with E-state index in [4.69, 9.17) is 4.52 Å². The minimum Gasteiger partial charge on any atom is -0.340 e. The van der Waals surface area contributed by atoms with Crippen LogP contribution in [0.25, 0.3) is 11.4 Å². The normalized spacial score (nSPS) is 12.1. The van der Waals surface area contributed by atoms with Crippen LogP contribution in [-0.2, 0) is 0 Å². The third-order valence-electron chi connectivity index (χ3n) is 3.18. The van der Waals surface area contributed by atoms with Gasteiger partial charge >= 0.3 is 0 Å². The van der Waals surface area contributed by atoms with Crippen molar-refractivity contribution in [3.05, 3.63) is 58.1 Å². The quantitative estimate of drug-likeness (QED) is 0.799. The number of aromatic nitrogens is 2. The van der Waals surface area contributed by atoms with Crippen molar-refractivity contribution < 1.29 is 9.32 Å². The van der Waals surface area contributed by atoms with Crippen molar-refractivity contribution in [2.24, 2.45) is 0 Å². The minimum absolute atomic E-state index is 0.141. The van der Waals surface area contributed by atoms with Crippen molar-refractivity contribution in [1.82, 2.24) is 15.5 Å². The van der Waals surface area contributed by atoms with Crippen LogP contribution in [0, 0.1) is 6.92 Å². The molecule has 112 valence electrons. The van der Waals surface area contributed by atoms with E-state index in [-0.39, 0.29) is 11.9 Å². The highest BCUT2D eigenvalue weighted by Gasteiger charge is 2.18. The molecule has 0 saturated heterocycles. The molecule has 0 saturated carbocycles. The molecule has 3 aromatic rings. The zero-order valence-corrected chi connectivity index (χ0v) is 13.1. The highest BCUT2D eigenvalue weighted by molar-refractivity contribution is 7.12. The van der Waals surface area contributed by atoms with E-state index in [0.717, 1.165) is 11.1 Å². The molecule has 6 heteroatoms. The third-order valence-corrected chi connectivity index (χ3v) is 4.05. The molecule has 0 aliphatic carbocycles. The first-order chi connectivity index (χ1) is 10.6. The lowest BCUT2D eigenvalue weighted by Crippen LogP contribution is -2.26. The van der Waals surface area contributed by atoms with Crippen molar-refractivity contribution in [1.29, 1.82) is 0 Å². The molecule has 1 atom stereocenters. The van der Waals surface area contributed by atoms with Crippen molar-refractivity contribution >= 4 is 17.2 Å². The molecule has 2 aromatic heterocycles. The van der Waals surface area contributed by atoms with Gasteiger partial charge in [-0.3, -0.25) is 4.79 Å². The summed E-state index contributed by atoms with van der Waals surface area (Å²) in [5.41, 5.74) is 2.02. The molecule has 3 rings (SSSR count). The first-order valence-electron chi connectivity index (χ1n) is 6.88.